The van der Waals surface area contributed by atoms with Crippen molar-refractivity contribution in [2.24, 2.45) is 12.8 Å². The number of amides is 1. The van der Waals surface area contributed by atoms with Gasteiger partial charge in [-0.15, -0.1) is 0 Å². The number of esters is 1. The Morgan fingerprint density at radius 1 is 1.04 bits per heavy atom. The third-order valence-corrected chi connectivity index (χ3v) is 7.67. The van der Waals surface area contributed by atoms with E-state index in [-0.39, 0.29) is 30.2 Å². The van der Waals surface area contributed by atoms with Crippen LogP contribution in [0.25, 0.3) is 16.6 Å². The summed E-state index contributed by atoms with van der Waals surface area (Å²) in [4.78, 5) is 42.3. The smallest absolute Gasteiger partial charge is 0.320 e. The number of nitrogens with zero attached hydrogens (tertiary/aromatic N) is 3. The maximum absolute atomic E-state index is 15.2. The van der Waals surface area contributed by atoms with E-state index in [4.69, 9.17) is 19.9 Å². The van der Waals surface area contributed by atoms with Crippen LogP contribution in [0.15, 0.2) is 83.8 Å². The van der Waals surface area contributed by atoms with Crippen LogP contribution in [-0.4, -0.2) is 45.0 Å². The molecule has 1 amide bonds. The fourth-order valence-corrected chi connectivity index (χ4v) is 5.00. The van der Waals surface area contributed by atoms with Crippen LogP contribution in [0.5, 0.6) is 17.2 Å². The highest BCUT2D eigenvalue weighted by Crippen LogP contribution is 2.40. The lowest BCUT2D eigenvalue weighted by Crippen LogP contribution is -2.30. The SMILES string of the molecule is Cc1c(C(=O)Nc2ccc(Oc3ccnc4cc(OCC5(OC(=O)CN)CC5)ccc34)c(F)c2)c(=O)n(-c2ccccc2)n1C. The van der Waals surface area contributed by atoms with Crippen molar-refractivity contribution >= 4 is 28.5 Å². The van der Waals surface area contributed by atoms with E-state index in [0.29, 0.717) is 46.6 Å². The van der Waals surface area contributed by atoms with Gasteiger partial charge in [-0.3, -0.25) is 24.0 Å². The molecule has 0 atom stereocenters. The summed E-state index contributed by atoms with van der Waals surface area (Å²) in [5.41, 5.74) is 5.96. The quantitative estimate of drug-likeness (QED) is 0.218. The first-order valence-corrected chi connectivity index (χ1v) is 14.2. The Morgan fingerprint density at radius 2 is 1.82 bits per heavy atom. The van der Waals surface area contributed by atoms with Crippen LogP contribution in [0.2, 0.25) is 0 Å². The predicted octanol–water partition coefficient (Wildman–Crippen LogP) is 4.63. The topological polar surface area (TPSA) is 140 Å². The van der Waals surface area contributed by atoms with Crippen LogP contribution in [0, 0.1) is 12.7 Å². The Hall–Kier alpha value is -5.49. The van der Waals surface area contributed by atoms with Gasteiger partial charge in [-0.05, 0) is 62.2 Å². The summed E-state index contributed by atoms with van der Waals surface area (Å²) in [6.45, 7) is 1.68. The van der Waals surface area contributed by atoms with E-state index in [1.165, 1.54) is 23.0 Å². The molecule has 45 heavy (non-hydrogen) atoms. The molecule has 230 valence electrons. The molecule has 3 aromatic carbocycles. The monoisotopic (exact) mass is 611 g/mol. The Balaban J connectivity index is 1.16. The molecule has 1 aliphatic rings. The van der Waals surface area contributed by atoms with Gasteiger partial charge in [0.1, 0.15) is 29.3 Å². The predicted molar refractivity (Wildman–Crippen MR) is 165 cm³/mol. The minimum Gasteiger partial charge on any atom is -0.489 e. The number of carbonyl (C=O) groups excluding carboxylic acids is 2. The lowest BCUT2D eigenvalue weighted by molar-refractivity contribution is -0.151. The zero-order valence-electron chi connectivity index (χ0n) is 24.6. The van der Waals surface area contributed by atoms with E-state index in [2.05, 4.69) is 10.3 Å². The molecule has 1 aliphatic carbocycles. The number of hydrogen-bond acceptors (Lipinski definition) is 8. The number of carbonyl (C=O) groups is 2. The lowest BCUT2D eigenvalue weighted by atomic mass is 10.2. The summed E-state index contributed by atoms with van der Waals surface area (Å²) in [5.74, 6) is -1.03. The molecule has 12 heteroatoms. The summed E-state index contributed by atoms with van der Waals surface area (Å²) < 4.78 is 35.4. The van der Waals surface area contributed by atoms with E-state index in [1.54, 1.807) is 67.2 Å². The minimum atomic E-state index is -0.717. The first-order valence-electron chi connectivity index (χ1n) is 14.2. The van der Waals surface area contributed by atoms with E-state index in [9.17, 15) is 14.4 Å². The molecule has 0 spiro atoms. The second-order valence-corrected chi connectivity index (χ2v) is 10.8. The minimum absolute atomic E-state index is 0.0439. The molecule has 2 heterocycles. The van der Waals surface area contributed by atoms with Crippen molar-refractivity contribution in [3.8, 4) is 22.9 Å². The number of hydrogen-bond donors (Lipinski definition) is 2. The number of anilines is 1. The summed E-state index contributed by atoms with van der Waals surface area (Å²) >= 11 is 0. The number of nitrogens with one attached hydrogen (secondary N) is 1. The molecule has 0 unspecified atom stereocenters. The van der Waals surface area contributed by atoms with Crippen LogP contribution >= 0.6 is 0 Å². The number of benzene rings is 3. The standard InChI is InChI=1S/C33H30FN5O6/c1-20-30(32(42)39(38(20)2)22-6-4-3-5-7-22)31(41)37-21-8-11-28(25(34)16-21)44-27-12-15-36-26-17-23(9-10-24(26)27)43-19-33(13-14-33)45-29(40)18-35/h3-12,15-17H,13-14,18-19,35H2,1-2H3,(H,37,41). The number of nitrogens with two attached hydrogens (primary N) is 1. The van der Waals surface area contributed by atoms with Crippen molar-refractivity contribution < 1.29 is 28.2 Å². The average molecular weight is 612 g/mol. The summed E-state index contributed by atoms with van der Waals surface area (Å²) in [6, 6.07) is 19.8. The second kappa shape index (κ2) is 11.9. The van der Waals surface area contributed by atoms with E-state index < -0.39 is 28.9 Å². The van der Waals surface area contributed by atoms with Crippen LogP contribution < -0.4 is 26.1 Å². The van der Waals surface area contributed by atoms with E-state index in [0.717, 1.165) is 6.07 Å². The van der Waals surface area contributed by atoms with Crippen LogP contribution in [-0.2, 0) is 16.6 Å². The number of halogens is 1. The molecule has 0 aliphatic heterocycles. The maximum atomic E-state index is 15.2. The number of fused-ring (bicyclic) bond motifs is 1. The van der Waals surface area contributed by atoms with Gasteiger partial charge in [-0.25, -0.2) is 9.07 Å². The molecule has 5 aromatic rings. The Morgan fingerprint density at radius 3 is 2.53 bits per heavy atom. The van der Waals surface area contributed by atoms with E-state index >= 15 is 4.39 Å². The van der Waals surface area contributed by atoms with Crippen molar-refractivity contribution in [3.05, 3.63) is 106 Å². The Labute approximate surface area is 256 Å². The summed E-state index contributed by atoms with van der Waals surface area (Å²) in [6.07, 6.45) is 2.94. The first-order chi connectivity index (χ1) is 21.7. The Bertz CT molecular complexity index is 1980. The van der Waals surface area contributed by atoms with Crippen LogP contribution in [0.3, 0.4) is 0 Å². The fraction of sp³-hybridized carbons (Fsp3) is 0.212. The molecular weight excluding hydrogens is 581 g/mol. The summed E-state index contributed by atoms with van der Waals surface area (Å²) in [5, 5.41) is 3.24. The van der Waals surface area contributed by atoms with Crippen molar-refractivity contribution in [1.29, 1.82) is 0 Å². The molecule has 6 rings (SSSR count). The lowest BCUT2D eigenvalue weighted by Gasteiger charge is -2.17. The van der Waals surface area contributed by atoms with Crippen molar-refractivity contribution in [1.82, 2.24) is 14.3 Å². The molecule has 0 radical (unpaired) electrons. The second-order valence-electron chi connectivity index (χ2n) is 10.8. The highest BCUT2D eigenvalue weighted by Gasteiger charge is 2.47. The highest BCUT2D eigenvalue weighted by atomic mass is 19.1. The number of rotatable bonds is 10. The fourth-order valence-electron chi connectivity index (χ4n) is 5.00. The van der Waals surface area contributed by atoms with Gasteiger partial charge in [0.05, 0.1) is 23.4 Å². The molecule has 0 bridgehead atoms. The maximum Gasteiger partial charge on any atom is 0.320 e. The van der Waals surface area contributed by atoms with Crippen molar-refractivity contribution in [2.75, 3.05) is 18.5 Å². The largest absolute Gasteiger partial charge is 0.489 e. The third-order valence-electron chi connectivity index (χ3n) is 7.67. The number of para-hydroxylation sites is 1. The van der Waals surface area contributed by atoms with Gasteiger partial charge >= 0.3 is 5.97 Å². The van der Waals surface area contributed by atoms with Gasteiger partial charge in [0, 0.05) is 36.5 Å². The van der Waals surface area contributed by atoms with E-state index in [1.807, 2.05) is 6.07 Å². The van der Waals surface area contributed by atoms with Gasteiger partial charge in [-0.1, -0.05) is 18.2 Å². The molecule has 11 nitrogen and oxygen atoms in total. The first kappa shape index (κ1) is 29.6. The number of ether oxygens (including phenoxy) is 3. The van der Waals surface area contributed by atoms with Crippen molar-refractivity contribution in [3.63, 3.8) is 0 Å². The molecule has 1 fully saturated rings. The van der Waals surface area contributed by atoms with Gasteiger partial charge in [-0.2, -0.15) is 0 Å². The van der Waals surface area contributed by atoms with Crippen LogP contribution in [0.1, 0.15) is 28.9 Å². The molecule has 1 saturated carbocycles. The normalized spacial score (nSPS) is 13.3. The zero-order valence-corrected chi connectivity index (χ0v) is 24.6. The van der Waals surface area contributed by atoms with Gasteiger partial charge in [0.25, 0.3) is 11.5 Å². The average Bonchev–Trinajstić information content (AvgIpc) is 3.76. The number of pyridine rings is 1. The molecule has 3 N–H and O–H groups in total. The van der Waals surface area contributed by atoms with Crippen molar-refractivity contribution in [2.45, 2.75) is 25.4 Å². The molecule has 2 aromatic heterocycles. The Kier molecular flexibility index (Phi) is 7.81. The zero-order chi connectivity index (χ0) is 31.7. The van der Waals surface area contributed by atoms with Gasteiger partial charge < -0.3 is 25.3 Å². The van der Waals surface area contributed by atoms with Gasteiger partial charge in [0.15, 0.2) is 11.6 Å². The third kappa shape index (κ3) is 6.00. The van der Waals surface area contributed by atoms with Crippen LogP contribution in [0.4, 0.5) is 10.1 Å². The van der Waals surface area contributed by atoms with Gasteiger partial charge in [0.2, 0.25) is 0 Å². The highest BCUT2D eigenvalue weighted by molar-refractivity contribution is 6.05. The number of aromatic nitrogens is 3. The summed E-state index contributed by atoms with van der Waals surface area (Å²) in [7, 11) is 1.69. The molecule has 0 saturated heterocycles. The molecular formula is C33H30FN5O6.